The number of hydrogen-bond acceptors (Lipinski definition) is 3. The van der Waals surface area contributed by atoms with Gasteiger partial charge in [0.1, 0.15) is 0 Å². The number of hydrogen-bond donors (Lipinski definition) is 1. The van der Waals surface area contributed by atoms with Crippen LogP contribution in [0.4, 0.5) is 0 Å². The first kappa shape index (κ1) is 25.5. The molecule has 0 rings (SSSR count). The van der Waals surface area contributed by atoms with Gasteiger partial charge in [0.05, 0.1) is 13.3 Å². The molecule has 152 valence electrons. The van der Waals surface area contributed by atoms with Gasteiger partial charge in [0, 0.05) is 5.73 Å². The second kappa shape index (κ2) is 9.64. The predicted molar refractivity (Wildman–Crippen MR) is 121 cm³/mol. The van der Waals surface area contributed by atoms with Crippen LogP contribution in [0.3, 0.4) is 0 Å². The normalized spacial score (nSPS) is 18.7. The van der Waals surface area contributed by atoms with Gasteiger partial charge in [-0.3, -0.25) is 0 Å². The van der Waals surface area contributed by atoms with E-state index in [1.807, 2.05) is 0 Å². The van der Waals surface area contributed by atoms with Crippen LogP contribution in [0.2, 0.25) is 51.9 Å². The molecule has 0 aliphatic carbocycles. The van der Waals surface area contributed by atoms with Gasteiger partial charge in [0.25, 0.3) is 0 Å². The second-order valence-corrected chi connectivity index (χ2v) is 24.1. The van der Waals surface area contributed by atoms with Crippen LogP contribution in [0.1, 0.15) is 41.0 Å². The summed E-state index contributed by atoms with van der Waals surface area (Å²) in [6.07, 6.45) is 1.03. The predicted octanol–water partition coefficient (Wildman–Crippen LogP) is 5.65. The van der Waals surface area contributed by atoms with Crippen LogP contribution >= 0.6 is 0 Å². The quantitative estimate of drug-likeness (QED) is 0.426. The Hall–Kier alpha value is 0.531. The zero-order valence-corrected chi connectivity index (χ0v) is 22.3. The van der Waals surface area contributed by atoms with Crippen molar-refractivity contribution < 1.29 is 8.85 Å². The fraction of sp³-hybridized carbons (Fsp3) is 1.00. The molecule has 0 aliphatic rings. The van der Waals surface area contributed by atoms with E-state index < -0.39 is 24.7 Å². The highest BCUT2D eigenvalue weighted by Gasteiger charge is 2.49. The third kappa shape index (κ3) is 8.39. The lowest BCUT2D eigenvalue weighted by molar-refractivity contribution is 0.111. The molecular weight excluding hydrogens is 358 g/mol. The SMILES string of the molecule is CCNCC(C)C[Si](C)(C)C(C)O[Si](C)(C)C(C)(CC)O[Si](C)(C)C. The Morgan fingerprint density at radius 1 is 0.960 bits per heavy atom. The van der Waals surface area contributed by atoms with Gasteiger partial charge in [0.15, 0.2) is 8.32 Å². The van der Waals surface area contributed by atoms with Gasteiger partial charge in [-0.2, -0.15) is 0 Å². The first-order valence-electron chi connectivity index (χ1n) is 10.2. The Bertz CT molecular complexity index is 397. The topological polar surface area (TPSA) is 30.5 Å². The molecule has 3 nitrogen and oxygen atoms in total. The maximum atomic E-state index is 6.89. The Kier molecular flexibility index (Phi) is 9.85. The molecule has 0 aromatic rings. The van der Waals surface area contributed by atoms with Crippen molar-refractivity contribution in [1.82, 2.24) is 5.32 Å². The van der Waals surface area contributed by atoms with Crippen LogP contribution in [0.5, 0.6) is 0 Å². The summed E-state index contributed by atoms with van der Waals surface area (Å²) in [7, 11) is -5.04. The van der Waals surface area contributed by atoms with Gasteiger partial charge < -0.3 is 14.2 Å². The molecule has 0 amide bonds. The Balaban J connectivity index is 5.11. The molecule has 0 fully saturated rings. The van der Waals surface area contributed by atoms with Crippen LogP contribution in [0, 0.1) is 5.92 Å². The first-order valence-corrected chi connectivity index (χ1v) is 19.8. The summed E-state index contributed by atoms with van der Waals surface area (Å²) in [5.74, 6) is 0.716. The van der Waals surface area contributed by atoms with E-state index in [4.69, 9.17) is 8.85 Å². The van der Waals surface area contributed by atoms with Gasteiger partial charge >= 0.3 is 0 Å². The van der Waals surface area contributed by atoms with Gasteiger partial charge in [-0.25, -0.2) is 0 Å². The average Bonchev–Trinajstić information content (AvgIpc) is 2.41. The summed E-state index contributed by atoms with van der Waals surface area (Å²) in [5.41, 5.74) is 0.370. The fourth-order valence-electron chi connectivity index (χ4n) is 3.55. The Labute approximate surface area is 161 Å². The molecule has 0 bridgehead atoms. The largest absolute Gasteiger partial charge is 0.415 e. The standard InChI is InChI=1S/C19H47NO2Si3/c1-13-19(5,22-23(6,7)8)25(11,12)21-18(4)24(9,10)16-17(3)15-20-14-2/h17-18,20H,13-16H2,1-12H3. The third-order valence-electron chi connectivity index (χ3n) is 5.67. The number of rotatable bonds is 12. The van der Waals surface area contributed by atoms with Crippen molar-refractivity contribution in [3.8, 4) is 0 Å². The maximum absolute atomic E-state index is 6.89. The highest BCUT2D eigenvalue weighted by Crippen LogP contribution is 2.35. The van der Waals surface area contributed by atoms with Gasteiger partial charge in [0.2, 0.25) is 8.32 Å². The van der Waals surface area contributed by atoms with Crippen molar-refractivity contribution in [1.29, 1.82) is 0 Å². The van der Waals surface area contributed by atoms with E-state index in [-0.39, 0.29) is 5.22 Å². The lowest BCUT2D eigenvalue weighted by Crippen LogP contribution is -2.62. The molecule has 0 saturated carbocycles. The summed E-state index contributed by atoms with van der Waals surface area (Å²) in [6.45, 7) is 30.2. The molecule has 0 heterocycles. The van der Waals surface area contributed by atoms with Gasteiger partial charge in [-0.15, -0.1) is 0 Å². The van der Waals surface area contributed by atoms with Gasteiger partial charge in [-0.1, -0.05) is 39.9 Å². The molecule has 0 aliphatic heterocycles. The summed E-state index contributed by atoms with van der Waals surface area (Å²) >= 11 is 0. The minimum atomic E-state index is -1.98. The van der Waals surface area contributed by atoms with E-state index in [1.165, 1.54) is 6.04 Å². The summed E-state index contributed by atoms with van der Waals surface area (Å²) in [4.78, 5) is 0. The second-order valence-electron chi connectivity index (χ2n) is 10.2. The third-order valence-corrected chi connectivity index (χ3v) is 15.2. The Morgan fingerprint density at radius 2 is 1.48 bits per heavy atom. The highest BCUT2D eigenvalue weighted by molar-refractivity contribution is 6.81. The van der Waals surface area contributed by atoms with E-state index in [0.717, 1.165) is 19.5 Å². The van der Waals surface area contributed by atoms with E-state index in [1.54, 1.807) is 0 Å². The van der Waals surface area contributed by atoms with E-state index in [0.29, 0.717) is 11.6 Å². The van der Waals surface area contributed by atoms with Crippen LogP contribution in [-0.2, 0) is 8.85 Å². The number of nitrogens with one attached hydrogen (secondary N) is 1. The lowest BCUT2D eigenvalue weighted by Gasteiger charge is -2.48. The Morgan fingerprint density at radius 3 is 1.88 bits per heavy atom. The van der Waals surface area contributed by atoms with Crippen LogP contribution < -0.4 is 5.32 Å². The highest BCUT2D eigenvalue weighted by atomic mass is 28.4. The molecule has 1 N–H and O–H groups in total. The molecule has 3 unspecified atom stereocenters. The monoisotopic (exact) mass is 405 g/mol. The molecule has 25 heavy (non-hydrogen) atoms. The molecule has 0 radical (unpaired) electrons. The molecular formula is C19H47NO2Si3. The van der Waals surface area contributed by atoms with Crippen molar-refractivity contribution in [2.24, 2.45) is 5.92 Å². The molecule has 0 spiro atoms. The smallest absolute Gasteiger partial charge is 0.216 e. The zero-order chi connectivity index (χ0) is 20.1. The minimum Gasteiger partial charge on any atom is -0.415 e. The van der Waals surface area contributed by atoms with E-state index in [2.05, 4.69) is 85.8 Å². The summed E-state index contributed by atoms with van der Waals surface area (Å²) < 4.78 is 13.6. The summed E-state index contributed by atoms with van der Waals surface area (Å²) in [5, 5.41) is 3.39. The lowest BCUT2D eigenvalue weighted by atomic mass is 10.2. The average molecular weight is 406 g/mol. The van der Waals surface area contributed by atoms with Crippen molar-refractivity contribution >= 4 is 24.7 Å². The zero-order valence-electron chi connectivity index (χ0n) is 19.3. The van der Waals surface area contributed by atoms with E-state index in [9.17, 15) is 0 Å². The van der Waals surface area contributed by atoms with Crippen LogP contribution in [0.25, 0.3) is 0 Å². The maximum Gasteiger partial charge on any atom is 0.216 e. The first-order chi connectivity index (χ1) is 11.1. The molecule has 0 aromatic heterocycles. The van der Waals surface area contributed by atoms with Crippen molar-refractivity contribution in [3.63, 3.8) is 0 Å². The van der Waals surface area contributed by atoms with Crippen molar-refractivity contribution in [2.45, 2.75) is 104 Å². The van der Waals surface area contributed by atoms with E-state index >= 15 is 0 Å². The molecule has 6 heteroatoms. The molecule has 3 atom stereocenters. The van der Waals surface area contributed by atoms with Crippen LogP contribution in [-0.4, -0.2) is 48.7 Å². The van der Waals surface area contributed by atoms with Crippen molar-refractivity contribution in [3.05, 3.63) is 0 Å². The van der Waals surface area contributed by atoms with Gasteiger partial charge in [-0.05, 0) is 72.0 Å². The molecule has 0 saturated heterocycles. The fourth-order valence-corrected chi connectivity index (χ4v) is 13.4. The minimum absolute atomic E-state index is 0.106. The van der Waals surface area contributed by atoms with Crippen LogP contribution in [0.15, 0.2) is 0 Å². The summed E-state index contributed by atoms with van der Waals surface area (Å²) in [6, 6.07) is 1.31. The van der Waals surface area contributed by atoms with Crippen molar-refractivity contribution in [2.75, 3.05) is 13.1 Å². The molecule has 0 aromatic carbocycles.